The Labute approximate surface area is 102 Å². The highest BCUT2D eigenvalue weighted by molar-refractivity contribution is 5.89. The Morgan fingerprint density at radius 2 is 1.94 bits per heavy atom. The lowest BCUT2D eigenvalue weighted by Crippen LogP contribution is -2.89. The molecule has 1 aliphatic heterocycles. The Morgan fingerprint density at radius 1 is 1.29 bits per heavy atom. The Morgan fingerprint density at radius 3 is 2.53 bits per heavy atom. The molecule has 0 aliphatic carbocycles. The third kappa shape index (κ3) is 2.97. The maximum Gasteiger partial charge on any atom is 0.338 e. The van der Waals surface area contributed by atoms with E-state index in [1.165, 1.54) is 5.69 Å². The number of carbonyl (C=O) groups excluding carboxylic acids is 1. The molecule has 0 amide bonds. The summed E-state index contributed by atoms with van der Waals surface area (Å²) in [5.74, 6) is -0.244. The molecule has 0 atom stereocenters. The average molecular weight is 235 g/mol. The third-order valence-corrected chi connectivity index (χ3v) is 2.95. The van der Waals surface area contributed by atoms with Crippen molar-refractivity contribution >= 4 is 11.7 Å². The lowest BCUT2D eigenvalue weighted by atomic mass is 10.2. The van der Waals surface area contributed by atoms with Gasteiger partial charge in [0, 0.05) is 5.69 Å². The number of rotatable bonds is 3. The largest absolute Gasteiger partial charge is 0.462 e. The van der Waals surface area contributed by atoms with E-state index in [1.54, 1.807) is 0 Å². The van der Waals surface area contributed by atoms with Gasteiger partial charge in [-0.3, -0.25) is 0 Å². The first-order valence-corrected chi connectivity index (χ1v) is 6.15. The number of hydrogen-bond acceptors (Lipinski definition) is 3. The van der Waals surface area contributed by atoms with Crippen molar-refractivity contribution in [2.45, 2.75) is 6.92 Å². The molecule has 0 aromatic heterocycles. The van der Waals surface area contributed by atoms with E-state index in [2.05, 4.69) is 10.2 Å². The van der Waals surface area contributed by atoms with Crippen LogP contribution in [0.4, 0.5) is 5.69 Å². The molecule has 0 spiro atoms. The van der Waals surface area contributed by atoms with E-state index in [9.17, 15) is 4.79 Å². The van der Waals surface area contributed by atoms with Gasteiger partial charge in [0.15, 0.2) is 0 Å². The molecule has 2 rings (SSSR count). The first-order chi connectivity index (χ1) is 8.31. The summed E-state index contributed by atoms with van der Waals surface area (Å²) in [5, 5.41) is 2.32. The van der Waals surface area contributed by atoms with Gasteiger partial charge in [-0.1, -0.05) is 0 Å². The van der Waals surface area contributed by atoms with Crippen LogP contribution in [0.15, 0.2) is 24.3 Å². The van der Waals surface area contributed by atoms with Crippen LogP contribution in [0.25, 0.3) is 0 Å². The van der Waals surface area contributed by atoms with Gasteiger partial charge in [-0.2, -0.15) is 0 Å². The molecule has 4 heteroatoms. The van der Waals surface area contributed by atoms with Gasteiger partial charge in [-0.05, 0) is 31.2 Å². The predicted octanol–water partition coefficient (Wildman–Crippen LogP) is 0.247. The van der Waals surface area contributed by atoms with E-state index in [1.807, 2.05) is 31.2 Å². The van der Waals surface area contributed by atoms with Crippen LogP contribution in [0.2, 0.25) is 0 Å². The van der Waals surface area contributed by atoms with E-state index in [0.717, 1.165) is 26.2 Å². The summed E-state index contributed by atoms with van der Waals surface area (Å²) in [6.07, 6.45) is 0. The maximum atomic E-state index is 11.5. The number of nitrogens with two attached hydrogens (primary N) is 1. The molecular formula is C13H19N2O2+. The molecule has 92 valence electrons. The van der Waals surface area contributed by atoms with Crippen LogP contribution in [0, 0.1) is 0 Å². The molecule has 0 bridgehead atoms. The minimum absolute atomic E-state index is 0.244. The molecule has 1 aliphatic rings. The van der Waals surface area contributed by atoms with Crippen LogP contribution in [-0.4, -0.2) is 38.8 Å². The number of hydrogen-bond donors (Lipinski definition) is 1. The van der Waals surface area contributed by atoms with Crippen LogP contribution < -0.4 is 10.2 Å². The Hall–Kier alpha value is -1.55. The highest BCUT2D eigenvalue weighted by Gasteiger charge is 2.13. The van der Waals surface area contributed by atoms with Crippen LogP contribution >= 0.6 is 0 Å². The summed E-state index contributed by atoms with van der Waals surface area (Å²) in [5.41, 5.74) is 1.81. The molecule has 0 unspecified atom stereocenters. The van der Waals surface area contributed by atoms with Crippen molar-refractivity contribution in [2.75, 3.05) is 37.7 Å². The lowest BCUT2D eigenvalue weighted by molar-refractivity contribution is -0.655. The Kier molecular flexibility index (Phi) is 3.98. The molecule has 1 fully saturated rings. The number of benzene rings is 1. The summed E-state index contributed by atoms with van der Waals surface area (Å²) >= 11 is 0. The van der Waals surface area contributed by atoms with Gasteiger partial charge >= 0.3 is 5.97 Å². The van der Waals surface area contributed by atoms with Crippen LogP contribution in [0.5, 0.6) is 0 Å². The normalized spacial score (nSPS) is 15.7. The zero-order chi connectivity index (χ0) is 12.1. The van der Waals surface area contributed by atoms with E-state index in [4.69, 9.17) is 4.74 Å². The van der Waals surface area contributed by atoms with Crippen LogP contribution in [0.1, 0.15) is 17.3 Å². The maximum absolute atomic E-state index is 11.5. The van der Waals surface area contributed by atoms with Gasteiger partial charge in [0.25, 0.3) is 0 Å². The molecule has 0 radical (unpaired) electrons. The van der Waals surface area contributed by atoms with E-state index in [0.29, 0.717) is 12.2 Å². The van der Waals surface area contributed by atoms with E-state index < -0.39 is 0 Å². The van der Waals surface area contributed by atoms with Gasteiger partial charge in [-0.25, -0.2) is 4.79 Å². The molecule has 4 nitrogen and oxygen atoms in total. The first-order valence-electron chi connectivity index (χ1n) is 6.15. The SMILES string of the molecule is CCOC(=O)c1ccc(N2CC[NH2+]CC2)cc1. The zero-order valence-corrected chi connectivity index (χ0v) is 10.2. The van der Waals surface area contributed by atoms with Crippen molar-refractivity contribution in [2.24, 2.45) is 0 Å². The Bertz CT molecular complexity index is 370. The summed E-state index contributed by atoms with van der Waals surface area (Å²) < 4.78 is 4.96. The number of piperazine rings is 1. The van der Waals surface area contributed by atoms with Crippen molar-refractivity contribution in [1.82, 2.24) is 0 Å². The standard InChI is InChI=1S/C13H18N2O2/c1-2-17-13(16)11-3-5-12(6-4-11)15-9-7-14-8-10-15/h3-6,14H,2,7-10H2,1H3/p+1. The topological polar surface area (TPSA) is 46.1 Å². The summed E-state index contributed by atoms with van der Waals surface area (Å²) in [4.78, 5) is 13.8. The average Bonchev–Trinajstić information content (AvgIpc) is 2.40. The third-order valence-electron chi connectivity index (χ3n) is 2.95. The van der Waals surface area contributed by atoms with Crippen LogP contribution in [-0.2, 0) is 4.74 Å². The van der Waals surface area contributed by atoms with Crippen molar-refractivity contribution in [3.05, 3.63) is 29.8 Å². The highest BCUT2D eigenvalue weighted by atomic mass is 16.5. The Balaban J connectivity index is 2.04. The van der Waals surface area contributed by atoms with Gasteiger partial charge in [-0.15, -0.1) is 0 Å². The minimum Gasteiger partial charge on any atom is -0.462 e. The van der Waals surface area contributed by atoms with Gasteiger partial charge in [0.1, 0.15) is 0 Å². The molecule has 2 N–H and O–H groups in total. The fourth-order valence-electron chi connectivity index (χ4n) is 2.03. The molecule has 1 saturated heterocycles. The second-order valence-corrected chi connectivity index (χ2v) is 4.12. The van der Waals surface area contributed by atoms with E-state index >= 15 is 0 Å². The van der Waals surface area contributed by atoms with Gasteiger partial charge < -0.3 is 15.0 Å². The molecule has 1 heterocycles. The van der Waals surface area contributed by atoms with Gasteiger partial charge in [0.05, 0.1) is 38.3 Å². The molecule has 17 heavy (non-hydrogen) atoms. The summed E-state index contributed by atoms with van der Waals surface area (Å²) in [7, 11) is 0. The van der Waals surface area contributed by atoms with Gasteiger partial charge in [0.2, 0.25) is 0 Å². The van der Waals surface area contributed by atoms with Crippen molar-refractivity contribution in [3.8, 4) is 0 Å². The molecule has 1 aromatic carbocycles. The number of carbonyl (C=O) groups is 1. The minimum atomic E-state index is -0.244. The quantitative estimate of drug-likeness (QED) is 0.764. The van der Waals surface area contributed by atoms with E-state index in [-0.39, 0.29) is 5.97 Å². The number of quaternary nitrogens is 1. The molecular weight excluding hydrogens is 216 g/mol. The first kappa shape index (κ1) is 11.9. The monoisotopic (exact) mass is 235 g/mol. The number of nitrogens with zero attached hydrogens (tertiary/aromatic N) is 1. The van der Waals surface area contributed by atoms with Crippen molar-refractivity contribution in [1.29, 1.82) is 0 Å². The smallest absolute Gasteiger partial charge is 0.338 e. The fraction of sp³-hybridized carbons (Fsp3) is 0.462. The summed E-state index contributed by atoms with van der Waals surface area (Å²) in [6, 6.07) is 7.67. The zero-order valence-electron chi connectivity index (χ0n) is 10.2. The molecule has 0 saturated carbocycles. The molecule has 1 aromatic rings. The number of esters is 1. The number of ether oxygens (including phenoxy) is 1. The lowest BCUT2D eigenvalue weighted by Gasteiger charge is -2.27. The van der Waals surface area contributed by atoms with Crippen molar-refractivity contribution in [3.63, 3.8) is 0 Å². The predicted molar refractivity (Wildman–Crippen MR) is 66.3 cm³/mol. The number of anilines is 1. The second kappa shape index (κ2) is 5.68. The van der Waals surface area contributed by atoms with Crippen molar-refractivity contribution < 1.29 is 14.8 Å². The fourth-order valence-corrected chi connectivity index (χ4v) is 2.03. The summed E-state index contributed by atoms with van der Waals surface area (Å²) in [6.45, 7) is 6.65. The highest BCUT2D eigenvalue weighted by Crippen LogP contribution is 2.15. The second-order valence-electron chi connectivity index (χ2n) is 4.12. The van der Waals surface area contributed by atoms with Crippen LogP contribution in [0.3, 0.4) is 0 Å².